The van der Waals surface area contributed by atoms with Crippen molar-refractivity contribution in [1.82, 2.24) is 20.5 Å². The van der Waals surface area contributed by atoms with Crippen molar-refractivity contribution in [2.45, 2.75) is 40.3 Å². The minimum atomic E-state index is 0.125. The molecule has 3 N–H and O–H groups in total. The molecule has 0 bridgehead atoms. The van der Waals surface area contributed by atoms with Crippen LogP contribution in [0.1, 0.15) is 48.7 Å². The molecule has 1 atom stereocenters. The molecule has 0 fully saturated rings. The van der Waals surface area contributed by atoms with Crippen molar-refractivity contribution in [2.75, 3.05) is 33.3 Å². The molecule has 2 aromatic carbocycles. The minimum absolute atomic E-state index is 0.125. The summed E-state index contributed by atoms with van der Waals surface area (Å²) in [6.45, 7) is 13.3. The predicted molar refractivity (Wildman–Crippen MR) is 127 cm³/mol. The largest absolute Gasteiger partial charge is 0.497 e. The summed E-state index contributed by atoms with van der Waals surface area (Å²) >= 11 is 0. The molecule has 1 aromatic heterocycles. The zero-order valence-electron chi connectivity index (χ0n) is 18.9. The molecule has 2 heterocycles. The van der Waals surface area contributed by atoms with Crippen LogP contribution in [0.2, 0.25) is 0 Å². The average Bonchev–Trinajstić information content (AvgIpc) is 3.16. The molecule has 5 nitrogen and oxygen atoms in total. The summed E-state index contributed by atoms with van der Waals surface area (Å²) in [5.41, 5.74) is 7.67. The van der Waals surface area contributed by atoms with E-state index in [-0.39, 0.29) is 6.17 Å². The smallest absolute Gasteiger partial charge is 0.119 e. The predicted octanol–water partition coefficient (Wildman–Crippen LogP) is 4.84. The number of nitrogens with one attached hydrogen (secondary N) is 3. The Hall–Kier alpha value is -2.50. The van der Waals surface area contributed by atoms with Gasteiger partial charge in [0, 0.05) is 21.9 Å². The van der Waals surface area contributed by atoms with Gasteiger partial charge in [-0.2, -0.15) is 0 Å². The highest BCUT2D eigenvalue weighted by Crippen LogP contribution is 2.39. The molecular weight excluding hydrogens is 372 g/mol. The summed E-state index contributed by atoms with van der Waals surface area (Å²) in [7, 11) is 1.73. The van der Waals surface area contributed by atoms with E-state index in [1.54, 1.807) is 7.11 Å². The SMILES string of the molecule is CCN(CC)CCCNC1NC=Cc2c1c(C)c1c([nH]c3ccc(OC)cc31)c2C. The first-order valence-electron chi connectivity index (χ1n) is 11.1. The van der Waals surface area contributed by atoms with Crippen molar-refractivity contribution in [1.29, 1.82) is 0 Å². The molecular formula is C25H34N4O. The molecule has 1 unspecified atom stereocenters. The summed E-state index contributed by atoms with van der Waals surface area (Å²) < 4.78 is 5.49. The molecule has 5 heteroatoms. The van der Waals surface area contributed by atoms with Crippen LogP contribution in [0, 0.1) is 13.8 Å². The van der Waals surface area contributed by atoms with E-state index in [4.69, 9.17) is 4.74 Å². The number of aromatic nitrogens is 1. The molecule has 0 amide bonds. The number of methoxy groups -OCH3 is 1. The highest BCUT2D eigenvalue weighted by molar-refractivity contribution is 6.11. The van der Waals surface area contributed by atoms with Crippen LogP contribution < -0.4 is 15.4 Å². The Labute approximate surface area is 179 Å². The number of rotatable bonds is 8. The lowest BCUT2D eigenvalue weighted by molar-refractivity contribution is 0.294. The molecule has 4 rings (SSSR count). The maximum absolute atomic E-state index is 5.49. The van der Waals surface area contributed by atoms with Crippen LogP contribution in [-0.4, -0.2) is 43.2 Å². The van der Waals surface area contributed by atoms with Crippen molar-refractivity contribution in [3.05, 3.63) is 46.7 Å². The Morgan fingerprint density at radius 2 is 1.93 bits per heavy atom. The molecule has 160 valence electrons. The van der Waals surface area contributed by atoms with Crippen LogP contribution in [-0.2, 0) is 0 Å². The highest BCUT2D eigenvalue weighted by Gasteiger charge is 2.24. The van der Waals surface area contributed by atoms with Gasteiger partial charge in [0.15, 0.2) is 0 Å². The van der Waals surface area contributed by atoms with Crippen molar-refractivity contribution in [3.8, 4) is 5.75 Å². The third kappa shape index (κ3) is 3.57. The molecule has 3 aromatic rings. The van der Waals surface area contributed by atoms with Crippen LogP contribution in [0.15, 0.2) is 24.4 Å². The third-order valence-corrected chi connectivity index (χ3v) is 6.55. The lowest BCUT2D eigenvalue weighted by Crippen LogP contribution is -2.36. The zero-order chi connectivity index (χ0) is 21.3. The lowest BCUT2D eigenvalue weighted by atomic mass is 9.89. The summed E-state index contributed by atoms with van der Waals surface area (Å²) in [6, 6.07) is 6.28. The fraction of sp³-hybridized carbons (Fsp3) is 0.440. The van der Waals surface area contributed by atoms with Crippen molar-refractivity contribution >= 4 is 27.9 Å². The number of nitrogens with zero attached hydrogens (tertiary/aromatic N) is 1. The monoisotopic (exact) mass is 406 g/mol. The number of aryl methyl sites for hydroxylation is 2. The Morgan fingerprint density at radius 1 is 1.13 bits per heavy atom. The molecule has 1 aliphatic rings. The Kier molecular flexibility index (Phi) is 6.02. The second-order valence-electron chi connectivity index (χ2n) is 8.13. The van der Waals surface area contributed by atoms with Gasteiger partial charge in [0.1, 0.15) is 11.9 Å². The van der Waals surface area contributed by atoms with Crippen LogP contribution in [0.3, 0.4) is 0 Å². The fourth-order valence-corrected chi connectivity index (χ4v) is 4.79. The van der Waals surface area contributed by atoms with E-state index < -0.39 is 0 Å². The minimum Gasteiger partial charge on any atom is -0.497 e. The molecule has 0 radical (unpaired) electrons. The number of fused-ring (bicyclic) bond motifs is 4. The van der Waals surface area contributed by atoms with Gasteiger partial charge in [0.25, 0.3) is 0 Å². The van der Waals surface area contributed by atoms with E-state index in [1.807, 2.05) is 6.07 Å². The number of benzene rings is 2. The first-order valence-corrected chi connectivity index (χ1v) is 11.1. The molecule has 0 saturated carbocycles. The van der Waals surface area contributed by atoms with Gasteiger partial charge in [0.2, 0.25) is 0 Å². The van der Waals surface area contributed by atoms with E-state index in [9.17, 15) is 0 Å². The van der Waals surface area contributed by atoms with Gasteiger partial charge in [-0.25, -0.2) is 0 Å². The summed E-state index contributed by atoms with van der Waals surface area (Å²) in [6.07, 6.45) is 5.55. The fourth-order valence-electron chi connectivity index (χ4n) is 4.79. The lowest BCUT2D eigenvalue weighted by Gasteiger charge is -2.29. The van der Waals surface area contributed by atoms with Crippen LogP contribution in [0.4, 0.5) is 0 Å². The van der Waals surface area contributed by atoms with Crippen molar-refractivity contribution in [2.24, 2.45) is 0 Å². The quantitative estimate of drug-likeness (QED) is 0.469. The Morgan fingerprint density at radius 3 is 2.67 bits per heavy atom. The third-order valence-electron chi connectivity index (χ3n) is 6.55. The normalized spacial score (nSPS) is 15.7. The zero-order valence-corrected chi connectivity index (χ0v) is 18.9. The Balaban J connectivity index is 1.71. The molecule has 1 aliphatic heterocycles. The summed E-state index contributed by atoms with van der Waals surface area (Å²) in [5, 5.41) is 9.82. The van der Waals surface area contributed by atoms with Crippen LogP contribution in [0.25, 0.3) is 27.9 Å². The van der Waals surface area contributed by atoms with Gasteiger partial charge >= 0.3 is 0 Å². The van der Waals surface area contributed by atoms with Gasteiger partial charge in [0.05, 0.1) is 12.6 Å². The van der Waals surface area contributed by atoms with E-state index in [2.05, 4.69) is 72.6 Å². The number of hydrogen-bond donors (Lipinski definition) is 3. The number of hydrogen-bond acceptors (Lipinski definition) is 4. The molecule has 30 heavy (non-hydrogen) atoms. The maximum Gasteiger partial charge on any atom is 0.119 e. The standard InChI is InChI=1S/C25H34N4O/c1-6-29(7-2)14-8-12-26-25-23-17(4)22-20-15-18(30-5)9-10-21(20)28-24(22)16(3)19(23)11-13-27-25/h9-11,13,15,25-28H,6-8,12,14H2,1-5H3. The van der Waals surface area contributed by atoms with Crippen molar-refractivity contribution in [3.63, 3.8) is 0 Å². The molecule has 0 spiro atoms. The van der Waals surface area contributed by atoms with Crippen LogP contribution in [0.5, 0.6) is 5.75 Å². The molecule has 0 saturated heterocycles. The average molecular weight is 407 g/mol. The first-order chi connectivity index (χ1) is 14.6. The van der Waals surface area contributed by atoms with Gasteiger partial charge in [-0.3, -0.25) is 5.32 Å². The number of aromatic amines is 1. The maximum atomic E-state index is 5.49. The topological polar surface area (TPSA) is 52.3 Å². The van der Waals surface area contributed by atoms with Crippen LogP contribution >= 0.6 is 0 Å². The second kappa shape index (κ2) is 8.70. The number of ether oxygens (including phenoxy) is 1. The van der Waals surface area contributed by atoms with E-state index >= 15 is 0 Å². The highest BCUT2D eigenvalue weighted by atomic mass is 16.5. The molecule has 0 aliphatic carbocycles. The van der Waals surface area contributed by atoms with Crippen molar-refractivity contribution < 1.29 is 4.74 Å². The van der Waals surface area contributed by atoms with Gasteiger partial charge in [-0.05, 0) is 93.6 Å². The first kappa shape index (κ1) is 20.8. The number of H-pyrrole nitrogens is 1. The van der Waals surface area contributed by atoms with E-state index in [0.29, 0.717) is 0 Å². The second-order valence-corrected chi connectivity index (χ2v) is 8.13. The van der Waals surface area contributed by atoms with Gasteiger partial charge in [-0.15, -0.1) is 0 Å². The van der Waals surface area contributed by atoms with Gasteiger partial charge in [-0.1, -0.05) is 13.8 Å². The Bertz CT molecular complexity index is 1080. The van der Waals surface area contributed by atoms with Gasteiger partial charge < -0.3 is 19.9 Å². The summed E-state index contributed by atoms with van der Waals surface area (Å²) in [5.74, 6) is 0.891. The van der Waals surface area contributed by atoms with E-state index in [0.717, 1.165) is 43.9 Å². The van der Waals surface area contributed by atoms with E-state index in [1.165, 1.54) is 38.5 Å². The summed E-state index contributed by atoms with van der Waals surface area (Å²) in [4.78, 5) is 6.12.